The lowest BCUT2D eigenvalue weighted by molar-refractivity contribution is -0.0805. The van der Waals surface area contributed by atoms with Crippen LogP contribution in [0.1, 0.15) is 100 Å². The van der Waals surface area contributed by atoms with Gasteiger partial charge >= 0.3 is 0 Å². The van der Waals surface area contributed by atoms with Crippen LogP contribution in [-0.4, -0.2) is 74.8 Å². The van der Waals surface area contributed by atoms with Gasteiger partial charge in [-0.2, -0.15) is 0 Å². The zero-order chi connectivity index (χ0) is 42.0. The van der Waals surface area contributed by atoms with Crippen molar-refractivity contribution in [1.29, 1.82) is 0 Å². The summed E-state index contributed by atoms with van der Waals surface area (Å²) in [7, 11) is -5.01. The number of benzene rings is 2. The minimum Gasteiger partial charge on any atom is -0.497 e. The molecule has 0 radical (unpaired) electrons. The molecule has 0 amide bonds. The summed E-state index contributed by atoms with van der Waals surface area (Å²) in [5, 5.41) is 10.6. The largest absolute Gasteiger partial charge is 0.497 e. The first-order valence-electron chi connectivity index (χ1n) is 20.6. The van der Waals surface area contributed by atoms with Crippen LogP contribution in [0.15, 0.2) is 54.6 Å². The van der Waals surface area contributed by atoms with Crippen molar-refractivity contribution in [3.05, 3.63) is 65.7 Å². The third-order valence-electron chi connectivity index (χ3n) is 12.8. The number of rotatable bonds is 22. The van der Waals surface area contributed by atoms with Gasteiger partial charge in [0.1, 0.15) is 5.75 Å². The van der Waals surface area contributed by atoms with Gasteiger partial charge in [-0.15, -0.1) is 0 Å². The molecule has 316 valence electrons. The molecule has 2 aromatic rings. The van der Waals surface area contributed by atoms with Crippen LogP contribution in [0.3, 0.4) is 0 Å². The first kappa shape index (κ1) is 49.8. The Morgan fingerprint density at radius 1 is 0.600 bits per heavy atom. The molecule has 0 saturated heterocycles. The van der Waals surface area contributed by atoms with E-state index in [1.165, 1.54) is 0 Å². The van der Waals surface area contributed by atoms with Gasteiger partial charge < -0.3 is 32.6 Å². The van der Waals surface area contributed by atoms with Crippen LogP contribution < -0.4 is 4.74 Å². The van der Waals surface area contributed by atoms with Gasteiger partial charge in [-0.1, -0.05) is 119 Å². The lowest BCUT2D eigenvalue weighted by atomic mass is 9.86. The zero-order valence-electron chi connectivity index (χ0n) is 38.3. The number of ether oxygens (including phenoxy) is 3. The third-order valence-corrected chi connectivity index (χ3v) is 26.4. The maximum Gasteiger partial charge on any atom is 0.192 e. The average Bonchev–Trinajstić information content (AvgIpc) is 3.06. The number of aliphatic hydroxyl groups is 1. The van der Waals surface area contributed by atoms with E-state index in [0.29, 0.717) is 32.7 Å². The van der Waals surface area contributed by atoms with E-state index in [-0.39, 0.29) is 58.0 Å². The van der Waals surface area contributed by atoms with Crippen LogP contribution in [-0.2, 0) is 36.0 Å². The van der Waals surface area contributed by atoms with Crippen LogP contribution >= 0.6 is 0 Å². The molecule has 0 spiro atoms. The summed E-state index contributed by atoms with van der Waals surface area (Å²) in [6.07, 6.45) is 0.677. The molecule has 7 nitrogen and oxygen atoms in total. The Morgan fingerprint density at radius 2 is 1.07 bits per heavy atom. The van der Waals surface area contributed by atoms with Crippen molar-refractivity contribution >= 4 is 25.0 Å². The first-order chi connectivity index (χ1) is 25.1. The molecule has 0 aliphatic rings. The molecule has 2 rings (SSSR count). The fraction of sp³-hybridized carbons (Fsp3) is 0.733. The average molecular weight is 819 g/mol. The van der Waals surface area contributed by atoms with Gasteiger partial charge in [-0.3, -0.25) is 0 Å². The molecule has 0 aliphatic heterocycles. The molecule has 0 heterocycles. The highest BCUT2D eigenvalue weighted by Gasteiger charge is 2.46. The van der Waals surface area contributed by atoms with Crippen molar-refractivity contribution in [2.45, 2.75) is 181 Å². The van der Waals surface area contributed by atoms with Crippen LogP contribution in [0, 0.1) is 11.8 Å². The van der Waals surface area contributed by atoms with Crippen LogP contribution in [0.5, 0.6) is 5.75 Å². The van der Waals surface area contributed by atoms with E-state index >= 15 is 0 Å². The quantitative estimate of drug-likeness (QED) is 0.119. The number of hydrogen-bond acceptors (Lipinski definition) is 7. The SMILES string of the molecule is COc1ccc(CO[C@@H]([C@@H](C)[C@@H](C[C@H](C[C@@H](COCc2ccccc2)O[Si](C)(C)C(C)(C)C)O[Si](C)(C)C(C)(C)C)O[Si](C)(C)C(C)(C)C)[C@@H](C)CO)cc1. The van der Waals surface area contributed by atoms with Crippen molar-refractivity contribution in [3.8, 4) is 5.75 Å². The first-order valence-corrected chi connectivity index (χ1v) is 29.4. The Morgan fingerprint density at radius 3 is 1.55 bits per heavy atom. The molecule has 2 aromatic carbocycles. The number of hydrogen-bond donors (Lipinski definition) is 1. The van der Waals surface area contributed by atoms with E-state index in [2.05, 4.69) is 140 Å². The second-order valence-electron chi connectivity index (χ2n) is 20.5. The Labute approximate surface area is 341 Å². The molecule has 0 unspecified atom stereocenters. The van der Waals surface area contributed by atoms with E-state index < -0.39 is 25.0 Å². The molecule has 0 aromatic heterocycles. The predicted octanol–water partition coefficient (Wildman–Crippen LogP) is 12.0. The summed E-state index contributed by atoms with van der Waals surface area (Å²) in [4.78, 5) is 0. The third kappa shape index (κ3) is 15.4. The minimum absolute atomic E-state index is 0.00204. The number of aliphatic hydroxyl groups excluding tert-OH is 1. The summed E-state index contributed by atoms with van der Waals surface area (Å²) in [5.41, 5.74) is 2.21. The second-order valence-corrected chi connectivity index (χ2v) is 34.8. The fourth-order valence-electron chi connectivity index (χ4n) is 5.95. The Hall–Kier alpha value is -1.35. The predicted molar refractivity (Wildman–Crippen MR) is 239 cm³/mol. The molecule has 0 bridgehead atoms. The van der Waals surface area contributed by atoms with Crippen LogP contribution in [0.4, 0.5) is 0 Å². The molecule has 6 atom stereocenters. The summed E-state index contributed by atoms with van der Waals surface area (Å²) < 4.78 is 40.8. The van der Waals surface area contributed by atoms with Crippen LogP contribution in [0.2, 0.25) is 54.4 Å². The Bertz CT molecular complexity index is 1380. The van der Waals surface area contributed by atoms with Gasteiger partial charge in [0.2, 0.25) is 0 Å². The van der Waals surface area contributed by atoms with Crippen molar-refractivity contribution in [2.24, 2.45) is 11.8 Å². The maximum atomic E-state index is 10.6. The standard InChI is InChI=1S/C45H82O7Si3/c1-34(30-46)42(49-32-37-24-26-38(47-12)27-25-37)35(2)41(52-55(17,18)45(9,10)11)29-39(50-53(13,14)43(3,4)5)28-40(51-54(15,16)44(6,7)8)33-48-31-36-22-20-19-21-23-36/h19-27,34-35,39-42,46H,28-33H2,1-18H3/t34-,35-,39-,40-,41+,42+/m0/s1. The van der Waals surface area contributed by atoms with Gasteiger partial charge in [0, 0.05) is 24.5 Å². The fourth-order valence-corrected chi connectivity index (χ4v) is 10.1. The normalized spacial score (nSPS) is 17.0. The highest BCUT2D eigenvalue weighted by atomic mass is 28.4. The van der Waals surface area contributed by atoms with E-state index in [4.69, 9.17) is 27.5 Å². The maximum absolute atomic E-state index is 10.6. The molecule has 0 aliphatic carbocycles. The topological polar surface area (TPSA) is 75.6 Å². The molecular formula is C45H82O7Si3. The zero-order valence-corrected chi connectivity index (χ0v) is 41.3. The Balaban J connectivity index is 2.62. The monoisotopic (exact) mass is 819 g/mol. The van der Waals surface area contributed by atoms with Crippen LogP contribution in [0.25, 0.3) is 0 Å². The van der Waals surface area contributed by atoms with Gasteiger partial charge in [0.15, 0.2) is 25.0 Å². The summed E-state index contributed by atoms with van der Waals surface area (Å²) in [6.45, 7) is 40.5. The lowest BCUT2D eigenvalue weighted by Gasteiger charge is -2.46. The molecule has 10 heteroatoms. The molecule has 55 heavy (non-hydrogen) atoms. The molecule has 0 saturated carbocycles. The highest BCUT2D eigenvalue weighted by molar-refractivity contribution is 6.75. The van der Waals surface area contributed by atoms with Gasteiger partial charge in [-0.05, 0) is 90.5 Å². The van der Waals surface area contributed by atoms with Gasteiger partial charge in [-0.25, -0.2) is 0 Å². The Kier molecular flexibility index (Phi) is 18.6. The van der Waals surface area contributed by atoms with Crippen molar-refractivity contribution in [1.82, 2.24) is 0 Å². The van der Waals surface area contributed by atoms with E-state index in [0.717, 1.165) is 16.9 Å². The van der Waals surface area contributed by atoms with E-state index in [9.17, 15) is 5.11 Å². The van der Waals surface area contributed by atoms with Crippen molar-refractivity contribution in [2.75, 3.05) is 20.3 Å². The smallest absolute Gasteiger partial charge is 0.192 e. The second kappa shape index (κ2) is 20.6. The van der Waals surface area contributed by atoms with E-state index in [1.54, 1.807) is 7.11 Å². The molecule has 1 N–H and O–H groups in total. The molecular weight excluding hydrogens is 737 g/mol. The van der Waals surface area contributed by atoms with Gasteiger partial charge in [0.25, 0.3) is 0 Å². The summed E-state index contributed by atoms with van der Waals surface area (Å²) in [5.74, 6) is 0.683. The summed E-state index contributed by atoms with van der Waals surface area (Å²) in [6, 6.07) is 18.4. The number of methoxy groups -OCH3 is 1. The van der Waals surface area contributed by atoms with Crippen molar-refractivity contribution in [3.63, 3.8) is 0 Å². The van der Waals surface area contributed by atoms with Crippen molar-refractivity contribution < 1.29 is 32.6 Å². The lowest BCUT2D eigenvalue weighted by Crippen LogP contribution is -2.52. The highest BCUT2D eigenvalue weighted by Crippen LogP contribution is 2.43. The summed E-state index contributed by atoms with van der Waals surface area (Å²) >= 11 is 0. The minimum atomic E-state index is -2.27. The van der Waals surface area contributed by atoms with Gasteiger partial charge in [0.05, 0.1) is 45.2 Å². The molecule has 0 fully saturated rings. The van der Waals surface area contributed by atoms with E-state index in [1.807, 2.05) is 30.3 Å².